The summed E-state index contributed by atoms with van der Waals surface area (Å²) in [5.74, 6) is 0.436. The Hall–Kier alpha value is -8.18. The van der Waals surface area contributed by atoms with Crippen LogP contribution in [0.2, 0.25) is 0 Å². The van der Waals surface area contributed by atoms with Crippen LogP contribution in [0, 0.1) is 36.5 Å². The van der Waals surface area contributed by atoms with Gasteiger partial charge in [-0.15, -0.1) is 0 Å². The van der Waals surface area contributed by atoms with Crippen LogP contribution in [0.3, 0.4) is 0 Å². The Bertz CT molecular complexity index is 3260. The van der Waals surface area contributed by atoms with Crippen molar-refractivity contribution in [2.24, 2.45) is 0 Å². The third-order valence-corrected chi connectivity index (χ3v) is 13.3. The maximum absolute atomic E-state index is 9.90. The van der Waals surface area contributed by atoms with Gasteiger partial charge in [-0.25, -0.2) is 0 Å². The highest BCUT2D eigenvalue weighted by Gasteiger charge is 2.27. The van der Waals surface area contributed by atoms with E-state index in [0.29, 0.717) is 11.1 Å². The predicted molar refractivity (Wildman–Crippen MR) is 277 cm³/mol. The second-order valence-corrected chi connectivity index (χ2v) is 18.1. The zero-order valence-electron chi connectivity index (χ0n) is 38.3. The summed E-state index contributed by atoms with van der Waals surface area (Å²) in [6.45, 7) is 13.6. The summed E-state index contributed by atoms with van der Waals surface area (Å²) in [5, 5.41) is 27.1. The molecule has 0 aliphatic heterocycles. The Morgan fingerprint density at radius 1 is 0.364 bits per heavy atom. The van der Waals surface area contributed by atoms with Gasteiger partial charge in [0.25, 0.3) is 0 Å². The van der Waals surface area contributed by atoms with Crippen LogP contribution in [0.1, 0.15) is 72.9 Å². The molecule has 0 N–H and O–H groups in total. The zero-order valence-corrected chi connectivity index (χ0v) is 38.3. The first kappa shape index (κ1) is 41.8. The normalized spacial score (nSPS) is 11.4. The number of hydrogen-bond acceptors (Lipinski definition) is 4. The smallest absolute Gasteiger partial charge is 0.0991 e. The van der Waals surface area contributed by atoms with Crippen LogP contribution < -0.4 is 9.80 Å². The van der Waals surface area contributed by atoms with E-state index in [1.807, 2.05) is 24.3 Å². The highest BCUT2D eigenvalue weighted by molar-refractivity contribution is 6.29. The van der Waals surface area contributed by atoms with Gasteiger partial charge in [0.05, 0.1) is 34.6 Å². The van der Waals surface area contributed by atoms with Gasteiger partial charge in [0.15, 0.2) is 0 Å². The molecule has 10 aromatic rings. The predicted octanol–water partition coefficient (Wildman–Crippen LogP) is 17.5. The van der Waals surface area contributed by atoms with Crippen molar-refractivity contribution in [1.29, 1.82) is 10.5 Å². The van der Waals surface area contributed by atoms with Gasteiger partial charge in [0.1, 0.15) is 0 Å². The summed E-state index contributed by atoms with van der Waals surface area (Å²) in [6.07, 6.45) is 0. The van der Waals surface area contributed by atoms with Gasteiger partial charge in [0.2, 0.25) is 0 Å². The van der Waals surface area contributed by atoms with Crippen molar-refractivity contribution < 1.29 is 0 Å². The first-order chi connectivity index (χ1) is 32.1. The Morgan fingerprint density at radius 2 is 0.727 bits per heavy atom. The fraction of sp³-hybridized carbons (Fsp3) is 0.129. The van der Waals surface area contributed by atoms with E-state index in [4.69, 9.17) is 0 Å². The molecule has 0 fully saturated rings. The number of benzene rings is 10. The summed E-state index contributed by atoms with van der Waals surface area (Å²) in [6, 6.07) is 69.5. The molecular weight excluding hydrogens is 801 g/mol. The van der Waals surface area contributed by atoms with Crippen LogP contribution in [-0.4, -0.2) is 0 Å². The van der Waals surface area contributed by atoms with Crippen molar-refractivity contribution in [3.8, 4) is 34.4 Å². The molecule has 0 aliphatic carbocycles. The van der Waals surface area contributed by atoms with Crippen LogP contribution in [0.5, 0.6) is 0 Å². The molecule has 66 heavy (non-hydrogen) atoms. The van der Waals surface area contributed by atoms with Crippen molar-refractivity contribution in [2.75, 3.05) is 9.80 Å². The fourth-order valence-electron chi connectivity index (χ4n) is 9.84. The molecular formula is C62H50N4. The first-order valence-electron chi connectivity index (χ1n) is 22.8. The fourth-order valence-corrected chi connectivity index (χ4v) is 9.84. The number of rotatable bonds is 10. The van der Waals surface area contributed by atoms with E-state index >= 15 is 0 Å². The monoisotopic (exact) mass is 850 g/mol. The van der Waals surface area contributed by atoms with E-state index in [1.165, 1.54) is 32.7 Å². The van der Waals surface area contributed by atoms with E-state index in [0.717, 1.165) is 78.3 Å². The van der Waals surface area contributed by atoms with E-state index in [9.17, 15) is 10.5 Å². The van der Waals surface area contributed by atoms with Gasteiger partial charge in [-0.2, -0.15) is 10.5 Å². The van der Waals surface area contributed by atoms with Crippen LogP contribution in [0.4, 0.5) is 34.1 Å². The molecule has 0 bridgehead atoms. The summed E-state index contributed by atoms with van der Waals surface area (Å²) in [7, 11) is 0. The topological polar surface area (TPSA) is 54.1 Å². The lowest BCUT2D eigenvalue weighted by molar-refractivity contribution is 0.875. The largest absolute Gasteiger partial charge is 0.310 e. The van der Waals surface area contributed by atoms with Gasteiger partial charge in [-0.05, 0) is 165 Å². The van der Waals surface area contributed by atoms with Gasteiger partial charge in [0, 0.05) is 33.5 Å². The quantitative estimate of drug-likeness (QED) is 0.129. The van der Waals surface area contributed by atoms with E-state index < -0.39 is 0 Å². The van der Waals surface area contributed by atoms with Crippen molar-refractivity contribution >= 4 is 66.4 Å². The summed E-state index contributed by atoms with van der Waals surface area (Å²) >= 11 is 0. The maximum Gasteiger partial charge on any atom is 0.0991 e. The van der Waals surface area contributed by atoms with Crippen LogP contribution in [-0.2, 0) is 0 Å². The molecule has 0 aromatic heterocycles. The van der Waals surface area contributed by atoms with Crippen LogP contribution in [0.15, 0.2) is 182 Å². The van der Waals surface area contributed by atoms with Gasteiger partial charge in [-0.3, -0.25) is 0 Å². The number of nitrogens with zero attached hydrogens (tertiary/aromatic N) is 4. The van der Waals surface area contributed by atoms with Gasteiger partial charge < -0.3 is 9.80 Å². The Kier molecular flexibility index (Phi) is 10.8. The standard InChI is InChI=1S/C62H50N4/c1-39(2)55-35-59(65(49-25-19-43(37-63)20-26-49)57-33-47(23-17-41(57)5)45-13-9-7-10-14-45)53-32-30-52-56(40(3)4)36-60(54-31-29-51(55)61(53)62(52)54)66(50-27-21-44(38-64)22-28-50)58-34-48(24-18-42(58)6)46-15-11-8-12-16-46/h7-36,39-40H,1-6H3. The highest BCUT2D eigenvalue weighted by Crippen LogP contribution is 2.52. The molecule has 0 unspecified atom stereocenters. The summed E-state index contributed by atoms with van der Waals surface area (Å²) in [5.41, 5.74) is 17.0. The molecule has 0 saturated carbocycles. The summed E-state index contributed by atoms with van der Waals surface area (Å²) < 4.78 is 0. The molecule has 0 radical (unpaired) electrons. The Balaban J connectivity index is 1.31. The van der Waals surface area contributed by atoms with Crippen molar-refractivity contribution in [3.05, 3.63) is 215 Å². The Labute approximate surface area is 388 Å². The van der Waals surface area contributed by atoms with Crippen molar-refractivity contribution in [2.45, 2.75) is 53.4 Å². The second-order valence-electron chi connectivity index (χ2n) is 18.1. The third kappa shape index (κ3) is 7.28. The number of aryl methyl sites for hydroxylation is 2. The molecule has 318 valence electrons. The number of nitriles is 2. The molecule has 0 heterocycles. The van der Waals surface area contributed by atoms with E-state index in [1.54, 1.807) is 0 Å². The molecule has 0 saturated heterocycles. The average molecular weight is 851 g/mol. The first-order valence-corrected chi connectivity index (χ1v) is 22.8. The zero-order chi connectivity index (χ0) is 45.6. The minimum atomic E-state index is 0.218. The van der Waals surface area contributed by atoms with Crippen LogP contribution >= 0.6 is 0 Å². The van der Waals surface area contributed by atoms with E-state index in [-0.39, 0.29) is 11.8 Å². The average Bonchev–Trinajstić information content (AvgIpc) is 3.35. The SMILES string of the molecule is Cc1ccc(-c2ccccc2)cc1N(c1ccc(C#N)cc1)c1cc(C(C)C)c2ccc3c(N(c4ccc(C#N)cc4)c4cc(-c5ccccc5)ccc4C)cc(C(C)C)c4ccc1c2c43. The molecule has 4 heteroatoms. The van der Waals surface area contributed by atoms with Crippen LogP contribution in [0.25, 0.3) is 54.6 Å². The Morgan fingerprint density at radius 3 is 1.08 bits per heavy atom. The molecule has 0 spiro atoms. The second kappa shape index (κ2) is 17.1. The third-order valence-electron chi connectivity index (χ3n) is 13.3. The lowest BCUT2D eigenvalue weighted by Crippen LogP contribution is -2.14. The molecule has 0 amide bonds. The van der Waals surface area contributed by atoms with Crippen molar-refractivity contribution in [1.82, 2.24) is 0 Å². The lowest BCUT2D eigenvalue weighted by Gasteiger charge is -2.32. The molecule has 4 nitrogen and oxygen atoms in total. The van der Waals surface area contributed by atoms with Gasteiger partial charge in [-0.1, -0.05) is 137 Å². The minimum absolute atomic E-state index is 0.218. The molecule has 10 rings (SSSR count). The van der Waals surface area contributed by atoms with Gasteiger partial charge >= 0.3 is 0 Å². The number of hydrogen-bond donors (Lipinski definition) is 0. The maximum atomic E-state index is 9.90. The molecule has 0 aliphatic rings. The lowest BCUT2D eigenvalue weighted by atomic mass is 9.84. The molecule has 0 atom stereocenters. The van der Waals surface area contributed by atoms with Crippen molar-refractivity contribution in [3.63, 3.8) is 0 Å². The summed E-state index contributed by atoms with van der Waals surface area (Å²) in [4.78, 5) is 4.82. The number of anilines is 6. The molecule has 10 aromatic carbocycles. The highest BCUT2D eigenvalue weighted by atomic mass is 15.2. The minimum Gasteiger partial charge on any atom is -0.310 e. The van der Waals surface area contributed by atoms with E-state index in [2.05, 4.69) is 221 Å².